The van der Waals surface area contributed by atoms with E-state index in [-0.39, 0.29) is 6.61 Å². The summed E-state index contributed by atoms with van der Waals surface area (Å²) < 4.78 is 14.8. The number of rotatable bonds is 9. The maximum atomic E-state index is 13.1. The number of carbonyl (C=O) groups is 1. The minimum absolute atomic E-state index is 0.0829. The van der Waals surface area contributed by atoms with Gasteiger partial charge in [0.2, 0.25) is 0 Å². The van der Waals surface area contributed by atoms with E-state index in [4.69, 9.17) is 19.2 Å². The van der Waals surface area contributed by atoms with Gasteiger partial charge >= 0.3 is 11.6 Å². The Labute approximate surface area is 271 Å². The summed E-state index contributed by atoms with van der Waals surface area (Å²) in [4.78, 5) is 34.8. The number of carbonyl (C=O) groups excluding carboxylic acids is 1. The zero-order valence-corrected chi connectivity index (χ0v) is 26.8. The predicted molar refractivity (Wildman–Crippen MR) is 182 cm³/mol. The largest absolute Gasteiger partial charge is 0.456 e. The first-order valence-corrected chi connectivity index (χ1v) is 15.8. The number of aromatic nitrogens is 5. The highest BCUT2D eigenvalue weighted by atomic mass is 16.5. The summed E-state index contributed by atoms with van der Waals surface area (Å²) in [6, 6.07) is 28.2. The van der Waals surface area contributed by atoms with Crippen LogP contribution in [-0.2, 0) is 31.4 Å². The third-order valence-corrected chi connectivity index (χ3v) is 8.77. The monoisotopic (exact) mass is 625 g/mol. The van der Waals surface area contributed by atoms with Crippen LogP contribution in [-0.4, -0.2) is 30.2 Å². The molecule has 1 N–H and O–H groups in total. The van der Waals surface area contributed by atoms with Crippen LogP contribution in [0.4, 0.5) is 0 Å². The lowest BCUT2D eigenvalue weighted by Crippen LogP contribution is -2.08. The minimum Gasteiger partial charge on any atom is -0.456 e. The van der Waals surface area contributed by atoms with Crippen molar-refractivity contribution in [2.75, 3.05) is 0 Å². The molecule has 0 atom stereocenters. The van der Waals surface area contributed by atoms with E-state index in [1.54, 1.807) is 13.0 Å². The Kier molecular flexibility index (Phi) is 7.81. The molecule has 7 rings (SSSR count). The molecule has 0 aliphatic carbocycles. The van der Waals surface area contributed by atoms with Gasteiger partial charge in [-0.3, -0.25) is 0 Å². The second-order valence-electron chi connectivity index (χ2n) is 11.9. The normalized spacial score (nSPS) is 11.5. The van der Waals surface area contributed by atoms with E-state index in [0.29, 0.717) is 23.4 Å². The van der Waals surface area contributed by atoms with Crippen LogP contribution in [0, 0.1) is 13.8 Å². The molecule has 0 saturated carbocycles. The van der Waals surface area contributed by atoms with E-state index in [9.17, 15) is 9.59 Å². The number of H-pyrrole nitrogens is 1. The number of nitrogens with zero attached hydrogens (tertiary/aromatic N) is 4. The van der Waals surface area contributed by atoms with Crippen LogP contribution in [0.1, 0.15) is 51.9 Å². The SMILES string of the molecule is CCCc1nc2c(C)cc(-c3nc4ccccc4n3C)cc2n1Cc1ccc(-c2ccccc2C(=O)OCc2[nH]oc(=O)c2C)cc1. The highest BCUT2D eigenvalue weighted by Crippen LogP contribution is 2.31. The van der Waals surface area contributed by atoms with Crippen LogP contribution in [0.2, 0.25) is 0 Å². The first-order chi connectivity index (χ1) is 22.8. The van der Waals surface area contributed by atoms with Crippen LogP contribution in [0.15, 0.2) is 94.2 Å². The Bertz CT molecular complexity index is 2320. The molecule has 4 aromatic carbocycles. The summed E-state index contributed by atoms with van der Waals surface area (Å²) in [6.45, 7) is 6.49. The van der Waals surface area contributed by atoms with Crippen molar-refractivity contribution in [3.8, 4) is 22.5 Å². The van der Waals surface area contributed by atoms with E-state index in [0.717, 1.165) is 74.4 Å². The lowest BCUT2D eigenvalue weighted by Gasteiger charge is -2.13. The van der Waals surface area contributed by atoms with Gasteiger partial charge in [-0.05, 0) is 72.9 Å². The first kappa shape index (κ1) is 30.0. The molecule has 3 aromatic heterocycles. The summed E-state index contributed by atoms with van der Waals surface area (Å²) in [7, 11) is 2.06. The van der Waals surface area contributed by atoms with Gasteiger partial charge < -0.3 is 18.4 Å². The maximum absolute atomic E-state index is 13.1. The van der Waals surface area contributed by atoms with Gasteiger partial charge in [-0.25, -0.2) is 24.7 Å². The van der Waals surface area contributed by atoms with Gasteiger partial charge in [0.15, 0.2) is 0 Å². The summed E-state index contributed by atoms with van der Waals surface area (Å²) in [6.07, 6.45) is 1.86. The van der Waals surface area contributed by atoms with Crippen molar-refractivity contribution in [2.45, 2.75) is 46.8 Å². The van der Waals surface area contributed by atoms with Crippen LogP contribution in [0.5, 0.6) is 0 Å². The summed E-state index contributed by atoms with van der Waals surface area (Å²) in [5.41, 5.74) is 9.94. The van der Waals surface area contributed by atoms with Crippen molar-refractivity contribution >= 4 is 28.0 Å². The molecule has 0 bridgehead atoms. The molecule has 9 nitrogen and oxygen atoms in total. The highest BCUT2D eigenvalue weighted by Gasteiger charge is 2.19. The lowest BCUT2D eigenvalue weighted by molar-refractivity contribution is 0.0464. The average molecular weight is 626 g/mol. The summed E-state index contributed by atoms with van der Waals surface area (Å²) in [5, 5.41) is 2.52. The molecule has 0 saturated heterocycles. The summed E-state index contributed by atoms with van der Waals surface area (Å²) in [5.74, 6) is 1.50. The minimum atomic E-state index is -0.480. The molecule has 0 spiro atoms. The van der Waals surface area contributed by atoms with Gasteiger partial charge in [0.05, 0.1) is 38.9 Å². The number of aryl methyl sites for hydroxylation is 3. The number of esters is 1. The summed E-state index contributed by atoms with van der Waals surface area (Å²) >= 11 is 0. The zero-order chi connectivity index (χ0) is 32.7. The third-order valence-electron chi connectivity index (χ3n) is 8.77. The Hall–Kier alpha value is -5.70. The van der Waals surface area contributed by atoms with E-state index in [1.807, 2.05) is 48.5 Å². The van der Waals surface area contributed by atoms with Crippen LogP contribution >= 0.6 is 0 Å². The first-order valence-electron chi connectivity index (χ1n) is 15.8. The smallest absolute Gasteiger partial charge is 0.360 e. The number of ether oxygens (including phenoxy) is 1. The molecule has 7 aromatic rings. The molecule has 0 unspecified atom stereocenters. The molecular formula is C38H35N5O4. The fourth-order valence-electron chi connectivity index (χ4n) is 6.19. The second kappa shape index (κ2) is 12.2. The van der Waals surface area contributed by atoms with Gasteiger partial charge in [-0.1, -0.05) is 61.5 Å². The number of hydrogen-bond donors (Lipinski definition) is 1. The number of nitrogens with one attached hydrogen (secondary N) is 1. The number of imidazole rings is 2. The van der Waals surface area contributed by atoms with Gasteiger partial charge in [0.1, 0.15) is 18.3 Å². The number of aromatic amines is 1. The van der Waals surface area contributed by atoms with Crippen LogP contribution in [0.25, 0.3) is 44.6 Å². The molecule has 9 heteroatoms. The van der Waals surface area contributed by atoms with Crippen molar-refractivity contribution in [1.82, 2.24) is 24.3 Å². The van der Waals surface area contributed by atoms with Crippen LogP contribution < -0.4 is 5.63 Å². The maximum Gasteiger partial charge on any atom is 0.360 e. The number of fused-ring (bicyclic) bond motifs is 2. The molecule has 0 radical (unpaired) electrons. The van der Waals surface area contributed by atoms with Crippen molar-refractivity contribution in [2.24, 2.45) is 7.05 Å². The van der Waals surface area contributed by atoms with Crippen molar-refractivity contribution < 1.29 is 14.1 Å². The van der Waals surface area contributed by atoms with E-state index in [2.05, 4.69) is 65.5 Å². The lowest BCUT2D eigenvalue weighted by atomic mass is 9.98. The Morgan fingerprint density at radius 3 is 2.43 bits per heavy atom. The fraction of sp³-hybridized carbons (Fsp3) is 0.211. The van der Waals surface area contributed by atoms with Crippen LogP contribution in [0.3, 0.4) is 0 Å². The fourth-order valence-corrected chi connectivity index (χ4v) is 6.19. The van der Waals surface area contributed by atoms with Gasteiger partial charge in [0, 0.05) is 25.6 Å². The Morgan fingerprint density at radius 2 is 1.68 bits per heavy atom. The topological polar surface area (TPSA) is 108 Å². The van der Waals surface area contributed by atoms with Crippen molar-refractivity contribution in [1.29, 1.82) is 0 Å². The Morgan fingerprint density at radius 1 is 0.915 bits per heavy atom. The van der Waals surface area contributed by atoms with Gasteiger partial charge in [0.25, 0.3) is 0 Å². The second-order valence-corrected chi connectivity index (χ2v) is 11.9. The number of para-hydroxylation sites is 2. The zero-order valence-electron chi connectivity index (χ0n) is 26.8. The molecule has 0 aliphatic heterocycles. The van der Waals surface area contributed by atoms with Gasteiger partial charge in [-0.2, -0.15) is 0 Å². The molecule has 47 heavy (non-hydrogen) atoms. The molecule has 0 fully saturated rings. The number of benzene rings is 4. The van der Waals surface area contributed by atoms with E-state index >= 15 is 0 Å². The molecular weight excluding hydrogens is 590 g/mol. The molecule has 236 valence electrons. The predicted octanol–water partition coefficient (Wildman–Crippen LogP) is 7.51. The van der Waals surface area contributed by atoms with E-state index < -0.39 is 11.6 Å². The van der Waals surface area contributed by atoms with Gasteiger partial charge in [-0.15, -0.1) is 0 Å². The average Bonchev–Trinajstić information content (AvgIpc) is 3.73. The molecule has 0 aliphatic rings. The molecule has 0 amide bonds. The third kappa shape index (κ3) is 5.54. The van der Waals surface area contributed by atoms with Crippen molar-refractivity contribution in [3.05, 3.63) is 129 Å². The molecule has 3 heterocycles. The highest BCUT2D eigenvalue weighted by molar-refractivity contribution is 5.97. The quantitative estimate of drug-likeness (QED) is 0.166. The van der Waals surface area contributed by atoms with E-state index in [1.165, 1.54) is 0 Å². The van der Waals surface area contributed by atoms with Crippen molar-refractivity contribution in [3.63, 3.8) is 0 Å². The standard InChI is InChI=1S/C38H35N5O4/c1-5-10-34-40-35-23(2)19-27(36-39-30-13-8-9-14-32(30)42(36)4)20-33(35)43(34)21-25-15-17-26(18-16-25)28-11-6-7-12-29(28)38(45)46-22-31-24(3)37(44)47-41-31/h6-9,11-20,41H,5,10,21-22H2,1-4H3. The number of hydrogen-bond acceptors (Lipinski definition) is 6. The Balaban J connectivity index is 1.19.